The van der Waals surface area contributed by atoms with E-state index in [2.05, 4.69) is 0 Å². The topological polar surface area (TPSA) is 46.3 Å². The van der Waals surface area contributed by atoms with E-state index in [1.165, 1.54) is 0 Å². The Labute approximate surface area is 117 Å². The maximum atomic E-state index is 13.3. The first kappa shape index (κ1) is 15.9. The van der Waals surface area contributed by atoms with Crippen molar-refractivity contribution in [3.05, 3.63) is 35.4 Å². The molecule has 1 aromatic carbocycles. The third-order valence-corrected chi connectivity index (χ3v) is 3.19. The summed E-state index contributed by atoms with van der Waals surface area (Å²) < 4.78 is 26.3. The molecular formula is C13H17ClF2N2O. The first-order valence-electron chi connectivity index (χ1n) is 6.03. The first-order valence-corrected chi connectivity index (χ1v) is 6.03. The molecule has 1 heterocycles. The van der Waals surface area contributed by atoms with Gasteiger partial charge in [0.15, 0.2) is 0 Å². The van der Waals surface area contributed by atoms with Gasteiger partial charge in [0, 0.05) is 25.6 Å². The fourth-order valence-corrected chi connectivity index (χ4v) is 2.15. The molecule has 106 valence electrons. The summed E-state index contributed by atoms with van der Waals surface area (Å²) in [5.41, 5.74) is 5.95. The van der Waals surface area contributed by atoms with Gasteiger partial charge < -0.3 is 10.6 Å². The number of benzene rings is 1. The molecule has 1 amide bonds. The minimum Gasteiger partial charge on any atom is -0.341 e. The average Bonchev–Trinajstić information content (AvgIpc) is 2.77. The molecule has 6 heteroatoms. The van der Waals surface area contributed by atoms with Crippen molar-refractivity contribution >= 4 is 18.3 Å². The Kier molecular flexibility index (Phi) is 5.69. The van der Waals surface area contributed by atoms with E-state index in [9.17, 15) is 13.6 Å². The molecule has 0 saturated carbocycles. The number of nitrogens with zero attached hydrogens (tertiary/aromatic N) is 1. The zero-order valence-corrected chi connectivity index (χ0v) is 11.3. The Bertz CT molecular complexity index is 456. The van der Waals surface area contributed by atoms with Crippen LogP contribution in [-0.4, -0.2) is 29.9 Å². The van der Waals surface area contributed by atoms with Gasteiger partial charge in [0.05, 0.1) is 0 Å². The number of hydrogen-bond acceptors (Lipinski definition) is 2. The number of carbonyl (C=O) groups is 1. The van der Waals surface area contributed by atoms with Crippen LogP contribution in [0.5, 0.6) is 0 Å². The highest BCUT2D eigenvalue weighted by atomic mass is 35.5. The van der Waals surface area contributed by atoms with Crippen LogP contribution in [0.2, 0.25) is 0 Å². The Balaban J connectivity index is 0.00000180. The molecule has 0 unspecified atom stereocenters. The number of amides is 1. The lowest BCUT2D eigenvalue weighted by molar-refractivity contribution is -0.130. The van der Waals surface area contributed by atoms with Gasteiger partial charge in [-0.3, -0.25) is 4.79 Å². The number of nitrogens with two attached hydrogens (primary N) is 1. The van der Waals surface area contributed by atoms with Crippen LogP contribution in [0.25, 0.3) is 0 Å². The van der Waals surface area contributed by atoms with Gasteiger partial charge >= 0.3 is 0 Å². The quantitative estimate of drug-likeness (QED) is 0.924. The molecule has 0 aliphatic carbocycles. The smallest absolute Gasteiger partial charge is 0.222 e. The van der Waals surface area contributed by atoms with Gasteiger partial charge in [-0.1, -0.05) is 0 Å². The molecule has 1 saturated heterocycles. The van der Waals surface area contributed by atoms with Crippen molar-refractivity contribution in [3.63, 3.8) is 0 Å². The maximum absolute atomic E-state index is 13.3. The lowest BCUT2D eigenvalue weighted by Gasteiger charge is -2.15. The van der Waals surface area contributed by atoms with Gasteiger partial charge in [0.25, 0.3) is 0 Å². The molecule has 1 aromatic rings. The molecule has 2 N–H and O–H groups in total. The summed E-state index contributed by atoms with van der Waals surface area (Å²) in [5.74, 6) is -1.00. The lowest BCUT2D eigenvalue weighted by Crippen LogP contribution is -2.32. The highest BCUT2D eigenvalue weighted by Gasteiger charge is 2.23. The molecule has 0 bridgehead atoms. The maximum Gasteiger partial charge on any atom is 0.222 e. The van der Waals surface area contributed by atoms with Crippen LogP contribution in [0.4, 0.5) is 8.78 Å². The normalized spacial score (nSPS) is 18.3. The minimum atomic E-state index is -0.484. The highest BCUT2D eigenvalue weighted by molar-refractivity contribution is 5.85. The molecule has 2 rings (SSSR count). The van der Waals surface area contributed by atoms with Crippen molar-refractivity contribution in [2.45, 2.75) is 25.3 Å². The molecule has 1 fully saturated rings. The first-order chi connectivity index (χ1) is 8.56. The van der Waals surface area contributed by atoms with E-state index >= 15 is 0 Å². The minimum absolute atomic E-state index is 0. The van der Waals surface area contributed by atoms with E-state index in [0.29, 0.717) is 13.1 Å². The number of rotatable bonds is 3. The third kappa shape index (κ3) is 4.14. The van der Waals surface area contributed by atoms with Crippen LogP contribution in [0, 0.1) is 11.6 Å². The fourth-order valence-electron chi connectivity index (χ4n) is 2.15. The van der Waals surface area contributed by atoms with Crippen molar-refractivity contribution in [2.24, 2.45) is 5.73 Å². The standard InChI is InChI=1S/C13H16F2N2O.ClH/c14-10-2-3-12(15)9(7-10)1-4-13(18)17-6-5-11(16)8-17;/h2-3,7,11H,1,4-6,8,16H2;1H/t11-;/m0./s1. The van der Waals surface area contributed by atoms with E-state index in [1.54, 1.807) is 4.90 Å². The molecule has 3 nitrogen and oxygen atoms in total. The average molecular weight is 291 g/mol. The zero-order valence-electron chi connectivity index (χ0n) is 10.4. The Morgan fingerprint density at radius 2 is 2.16 bits per heavy atom. The van der Waals surface area contributed by atoms with Gasteiger partial charge in [-0.15, -0.1) is 12.4 Å². The van der Waals surface area contributed by atoms with E-state index in [0.717, 1.165) is 24.6 Å². The molecule has 19 heavy (non-hydrogen) atoms. The van der Waals surface area contributed by atoms with Crippen LogP contribution < -0.4 is 5.73 Å². The number of carbonyl (C=O) groups excluding carboxylic acids is 1. The van der Waals surface area contributed by atoms with E-state index < -0.39 is 11.6 Å². The number of halogens is 3. The lowest BCUT2D eigenvalue weighted by atomic mass is 10.1. The third-order valence-electron chi connectivity index (χ3n) is 3.19. The van der Waals surface area contributed by atoms with Crippen molar-refractivity contribution in [1.82, 2.24) is 4.90 Å². The molecule has 0 aromatic heterocycles. The van der Waals surface area contributed by atoms with E-state index in [-0.39, 0.29) is 42.8 Å². The van der Waals surface area contributed by atoms with Crippen molar-refractivity contribution in [2.75, 3.05) is 13.1 Å². The molecule has 0 spiro atoms. The van der Waals surface area contributed by atoms with Crippen LogP contribution >= 0.6 is 12.4 Å². The van der Waals surface area contributed by atoms with Gasteiger partial charge in [0.1, 0.15) is 11.6 Å². The van der Waals surface area contributed by atoms with Crippen LogP contribution in [0.15, 0.2) is 18.2 Å². The Morgan fingerprint density at radius 1 is 1.42 bits per heavy atom. The summed E-state index contributed by atoms with van der Waals surface area (Å²) in [5, 5.41) is 0. The summed E-state index contributed by atoms with van der Waals surface area (Å²) >= 11 is 0. The van der Waals surface area contributed by atoms with E-state index in [1.807, 2.05) is 0 Å². The van der Waals surface area contributed by atoms with Crippen LogP contribution in [-0.2, 0) is 11.2 Å². The van der Waals surface area contributed by atoms with Crippen molar-refractivity contribution in [3.8, 4) is 0 Å². The van der Waals surface area contributed by atoms with Crippen molar-refractivity contribution in [1.29, 1.82) is 0 Å². The summed E-state index contributed by atoms with van der Waals surface area (Å²) in [6.07, 6.45) is 1.21. The van der Waals surface area contributed by atoms with E-state index in [4.69, 9.17) is 5.73 Å². The highest BCUT2D eigenvalue weighted by Crippen LogP contribution is 2.14. The number of aryl methyl sites for hydroxylation is 1. The molecule has 0 radical (unpaired) electrons. The second-order valence-corrected chi connectivity index (χ2v) is 4.62. The molecular weight excluding hydrogens is 274 g/mol. The zero-order chi connectivity index (χ0) is 13.1. The molecule has 1 aliphatic heterocycles. The van der Waals surface area contributed by atoms with Gasteiger partial charge in [-0.25, -0.2) is 8.78 Å². The van der Waals surface area contributed by atoms with Crippen LogP contribution in [0.3, 0.4) is 0 Å². The monoisotopic (exact) mass is 290 g/mol. The summed E-state index contributed by atoms with van der Waals surface area (Å²) in [7, 11) is 0. The largest absolute Gasteiger partial charge is 0.341 e. The summed E-state index contributed by atoms with van der Waals surface area (Å²) in [6.45, 7) is 1.22. The van der Waals surface area contributed by atoms with Gasteiger partial charge in [-0.2, -0.15) is 0 Å². The molecule has 1 aliphatic rings. The fraction of sp³-hybridized carbons (Fsp3) is 0.462. The Hall–Kier alpha value is -1.20. The summed E-state index contributed by atoms with van der Waals surface area (Å²) in [6, 6.07) is 3.33. The Morgan fingerprint density at radius 3 is 2.79 bits per heavy atom. The van der Waals surface area contributed by atoms with Crippen molar-refractivity contribution < 1.29 is 13.6 Å². The second kappa shape index (κ2) is 6.82. The number of hydrogen-bond donors (Lipinski definition) is 1. The summed E-state index contributed by atoms with van der Waals surface area (Å²) in [4.78, 5) is 13.5. The SMILES string of the molecule is Cl.N[C@H]1CCN(C(=O)CCc2cc(F)ccc2F)C1. The van der Waals surface area contributed by atoms with Gasteiger partial charge in [-0.05, 0) is 36.6 Å². The van der Waals surface area contributed by atoms with Gasteiger partial charge in [0.2, 0.25) is 5.91 Å². The predicted octanol–water partition coefficient (Wildman–Crippen LogP) is 1.88. The predicted molar refractivity (Wildman–Crippen MR) is 71.1 cm³/mol. The van der Waals surface area contributed by atoms with Crippen LogP contribution in [0.1, 0.15) is 18.4 Å². The number of likely N-dealkylation sites (tertiary alicyclic amines) is 1. The molecule has 1 atom stereocenters. The second-order valence-electron chi connectivity index (χ2n) is 4.62.